The molecular weight excluding hydrogens is 226 g/mol. The Bertz CT molecular complexity index is 419. The Morgan fingerprint density at radius 2 is 2.11 bits per heavy atom. The van der Waals surface area contributed by atoms with Crippen LogP contribution in [0.3, 0.4) is 0 Å². The van der Waals surface area contributed by atoms with Gasteiger partial charge in [-0.1, -0.05) is 20.8 Å². The van der Waals surface area contributed by atoms with Crippen molar-refractivity contribution in [3.8, 4) is 0 Å². The third kappa shape index (κ3) is 2.06. The fraction of sp³-hybridized carbons (Fsp3) is 0.769. The molecule has 3 heterocycles. The second-order valence-corrected chi connectivity index (χ2v) is 6.50. The first-order valence-corrected chi connectivity index (χ1v) is 6.82. The summed E-state index contributed by atoms with van der Waals surface area (Å²) in [6, 6.07) is 1.24. The molecule has 3 atom stereocenters. The summed E-state index contributed by atoms with van der Waals surface area (Å²) < 4.78 is 0. The SMILES string of the molecule is CC(C)(C)C1CC(C2NCCc3[nH]cnc32)NN1. The number of aromatic amines is 1. The molecule has 5 heteroatoms. The number of fused-ring (bicyclic) bond motifs is 1. The van der Waals surface area contributed by atoms with Crippen LogP contribution in [0.2, 0.25) is 0 Å². The fourth-order valence-electron chi connectivity index (χ4n) is 2.95. The molecule has 5 nitrogen and oxygen atoms in total. The summed E-state index contributed by atoms with van der Waals surface area (Å²) in [4.78, 5) is 7.74. The Morgan fingerprint density at radius 3 is 2.83 bits per heavy atom. The van der Waals surface area contributed by atoms with E-state index in [4.69, 9.17) is 0 Å². The standard InChI is InChI=1S/C13H23N5/c1-13(2,3)10-6-9(17-18-10)12-11-8(4-5-14-12)15-7-16-11/h7,9-10,12,14,17-18H,4-6H2,1-3H3,(H,15,16). The van der Waals surface area contributed by atoms with E-state index in [9.17, 15) is 0 Å². The zero-order valence-corrected chi connectivity index (χ0v) is 11.4. The van der Waals surface area contributed by atoms with Gasteiger partial charge in [-0.3, -0.25) is 10.9 Å². The van der Waals surface area contributed by atoms with Crippen LogP contribution < -0.4 is 16.2 Å². The molecule has 1 aromatic heterocycles. The highest BCUT2D eigenvalue weighted by Crippen LogP contribution is 2.31. The Hall–Kier alpha value is -0.910. The van der Waals surface area contributed by atoms with Crippen molar-refractivity contribution in [1.29, 1.82) is 0 Å². The first-order chi connectivity index (χ1) is 8.55. The van der Waals surface area contributed by atoms with Gasteiger partial charge in [0.2, 0.25) is 0 Å². The molecule has 0 saturated carbocycles. The number of nitrogens with one attached hydrogen (secondary N) is 4. The van der Waals surface area contributed by atoms with Gasteiger partial charge in [-0.25, -0.2) is 4.98 Å². The van der Waals surface area contributed by atoms with Crippen LogP contribution in [0, 0.1) is 5.41 Å². The fourth-order valence-corrected chi connectivity index (χ4v) is 2.95. The second-order valence-electron chi connectivity index (χ2n) is 6.50. The van der Waals surface area contributed by atoms with Gasteiger partial charge < -0.3 is 10.3 Å². The lowest BCUT2D eigenvalue weighted by Gasteiger charge is -2.29. The van der Waals surface area contributed by atoms with Gasteiger partial charge >= 0.3 is 0 Å². The number of nitrogens with zero attached hydrogens (tertiary/aromatic N) is 1. The molecule has 3 unspecified atom stereocenters. The molecular formula is C13H23N5. The van der Waals surface area contributed by atoms with E-state index in [0.717, 1.165) is 19.4 Å². The van der Waals surface area contributed by atoms with Gasteiger partial charge in [0.25, 0.3) is 0 Å². The monoisotopic (exact) mass is 249 g/mol. The van der Waals surface area contributed by atoms with Crippen molar-refractivity contribution < 1.29 is 0 Å². The largest absolute Gasteiger partial charge is 0.348 e. The third-order valence-corrected chi connectivity index (χ3v) is 4.17. The van der Waals surface area contributed by atoms with Gasteiger partial charge in [-0.15, -0.1) is 0 Å². The van der Waals surface area contributed by atoms with Crippen molar-refractivity contribution in [3.05, 3.63) is 17.7 Å². The molecule has 1 aromatic rings. The van der Waals surface area contributed by atoms with Gasteiger partial charge in [0.05, 0.1) is 18.1 Å². The highest BCUT2D eigenvalue weighted by Gasteiger charge is 2.38. The average molecular weight is 249 g/mol. The minimum Gasteiger partial charge on any atom is -0.348 e. The first-order valence-electron chi connectivity index (χ1n) is 6.82. The lowest BCUT2D eigenvalue weighted by molar-refractivity contribution is 0.284. The summed E-state index contributed by atoms with van der Waals surface area (Å²) >= 11 is 0. The average Bonchev–Trinajstić information content (AvgIpc) is 2.96. The van der Waals surface area contributed by atoms with Crippen LogP contribution in [-0.4, -0.2) is 28.6 Å². The number of rotatable bonds is 1. The molecule has 2 aliphatic rings. The molecule has 0 spiro atoms. The van der Waals surface area contributed by atoms with Crippen molar-refractivity contribution in [3.63, 3.8) is 0 Å². The maximum Gasteiger partial charge on any atom is 0.0925 e. The Balaban J connectivity index is 1.75. The Labute approximate surface area is 108 Å². The number of imidazole rings is 1. The molecule has 3 rings (SSSR count). The number of aromatic nitrogens is 2. The number of hydrazine groups is 1. The van der Waals surface area contributed by atoms with Crippen LogP contribution in [0.1, 0.15) is 44.6 Å². The van der Waals surface area contributed by atoms with Crippen molar-refractivity contribution in [2.75, 3.05) is 6.54 Å². The normalized spacial score (nSPS) is 32.5. The summed E-state index contributed by atoms with van der Waals surface area (Å²) in [6.45, 7) is 7.87. The maximum absolute atomic E-state index is 4.48. The lowest BCUT2D eigenvalue weighted by Crippen LogP contribution is -2.45. The van der Waals surface area contributed by atoms with E-state index in [-0.39, 0.29) is 5.41 Å². The van der Waals surface area contributed by atoms with Gasteiger partial charge in [-0.05, 0) is 11.8 Å². The lowest BCUT2D eigenvalue weighted by atomic mass is 9.83. The minimum atomic E-state index is 0.283. The third-order valence-electron chi connectivity index (χ3n) is 4.17. The van der Waals surface area contributed by atoms with Gasteiger partial charge in [0.1, 0.15) is 0 Å². The van der Waals surface area contributed by atoms with Crippen molar-refractivity contribution >= 4 is 0 Å². The van der Waals surface area contributed by atoms with E-state index in [2.05, 4.69) is 46.9 Å². The molecule has 0 aromatic carbocycles. The Morgan fingerprint density at radius 1 is 1.28 bits per heavy atom. The minimum absolute atomic E-state index is 0.283. The van der Waals surface area contributed by atoms with Crippen LogP contribution >= 0.6 is 0 Å². The van der Waals surface area contributed by atoms with E-state index in [1.54, 1.807) is 0 Å². The van der Waals surface area contributed by atoms with E-state index < -0.39 is 0 Å². The summed E-state index contributed by atoms with van der Waals surface area (Å²) in [6.07, 6.45) is 4.00. The van der Waals surface area contributed by atoms with E-state index in [0.29, 0.717) is 18.1 Å². The molecule has 0 aliphatic carbocycles. The van der Waals surface area contributed by atoms with Gasteiger partial charge in [-0.2, -0.15) is 0 Å². The highest BCUT2D eigenvalue weighted by molar-refractivity contribution is 5.21. The predicted octanol–water partition coefficient (Wildman–Crippen LogP) is 0.878. The molecule has 2 aliphatic heterocycles. The maximum atomic E-state index is 4.48. The van der Waals surface area contributed by atoms with E-state index >= 15 is 0 Å². The molecule has 18 heavy (non-hydrogen) atoms. The molecule has 0 amide bonds. The van der Waals surface area contributed by atoms with Crippen molar-refractivity contribution in [2.45, 2.75) is 51.7 Å². The second kappa shape index (κ2) is 4.33. The molecule has 1 saturated heterocycles. The van der Waals surface area contributed by atoms with Crippen molar-refractivity contribution in [1.82, 2.24) is 26.1 Å². The summed E-state index contributed by atoms with van der Waals surface area (Å²) in [7, 11) is 0. The first kappa shape index (κ1) is 12.1. The van der Waals surface area contributed by atoms with Gasteiger partial charge in [0, 0.05) is 30.7 Å². The summed E-state index contributed by atoms with van der Waals surface area (Å²) in [5, 5.41) is 3.59. The van der Waals surface area contributed by atoms with Crippen LogP contribution in [0.15, 0.2) is 6.33 Å². The zero-order valence-electron chi connectivity index (χ0n) is 11.4. The van der Waals surface area contributed by atoms with E-state index in [1.807, 2.05) is 6.33 Å². The molecule has 1 fully saturated rings. The quantitative estimate of drug-likeness (QED) is 0.596. The van der Waals surface area contributed by atoms with Crippen LogP contribution in [-0.2, 0) is 6.42 Å². The van der Waals surface area contributed by atoms with Crippen LogP contribution in [0.5, 0.6) is 0 Å². The topological polar surface area (TPSA) is 64.8 Å². The zero-order chi connectivity index (χ0) is 12.8. The molecule has 0 bridgehead atoms. The summed E-state index contributed by atoms with van der Waals surface area (Å²) in [5.41, 5.74) is 9.65. The number of hydrogen-bond donors (Lipinski definition) is 4. The number of hydrogen-bond acceptors (Lipinski definition) is 4. The Kier molecular flexibility index (Phi) is 2.92. The summed E-state index contributed by atoms with van der Waals surface area (Å²) in [5.74, 6) is 0. The molecule has 100 valence electrons. The smallest absolute Gasteiger partial charge is 0.0925 e. The van der Waals surface area contributed by atoms with Crippen LogP contribution in [0.25, 0.3) is 0 Å². The highest BCUT2D eigenvalue weighted by atomic mass is 15.4. The van der Waals surface area contributed by atoms with Crippen LogP contribution in [0.4, 0.5) is 0 Å². The molecule has 0 radical (unpaired) electrons. The molecule has 4 N–H and O–H groups in total. The van der Waals surface area contributed by atoms with E-state index in [1.165, 1.54) is 11.4 Å². The number of H-pyrrole nitrogens is 1. The predicted molar refractivity (Wildman–Crippen MR) is 71.0 cm³/mol. The van der Waals surface area contributed by atoms with Gasteiger partial charge in [0.15, 0.2) is 0 Å². The van der Waals surface area contributed by atoms with Crippen molar-refractivity contribution in [2.24, 2.45) is 5.41 Å².